The molecule has 1 aromatic heterocycles. The fraction of sp³-hybridized carbons (Fsp3) is 0.333. The first-order chi connectivity index (χ1) is 9.72. The lowest BCUT2D eigenvalue weighted by Crippen LogP contribution is -2.32. The highest BCUT2D eigenvalue weighted by Crippen LogP contribution is 2.24. The maximum atomic E-state index is 10.8. The van der Waals surface area contributed by atoms with Crippen LogP contribution in [-0.2, 0) is 19.4 Å². The van der Waals surface area contributed by atoms with E-state index in [1.54, 1.807) is 23.5 Å². The van der Waals surface area contributed by atoms with Crippen molar-refractivity contribution >= 4 is 17.0 Å². The van der Waals surface area contributed by atoms with E-state index in [0.717, 1.165) is 38.0 Å². The lowest BCUT2D eigenvalue weighted by molar-refractivity contribution is -0.385. The molecule has 0 bridgehead atoms. The smallest absolute Gasteiger partial charge is 0.269 e. The van der Waals surface area contributed by atoms with Crippen LogP contribution in [-0.4, -0.2) is 22.9 Å². The highest BCUT2D eigenvalue weighted by Gasteiger charge is 2.18. The number of nitrogens with zero attached hydrogens (tertiary/aromatic N) is 2. The minimum absolute atomic E-state index is 0.198. The van der Waals surface area contributed by atoms with Gasteiger partial charge in [-0.15, -0.1) is 11.3 Å². The number of thiophene rings is 1. The Morgan fingerprint density at radius 3 is 2.95 bits per heavy atom. The summed E-state index contributed by atoms with van der Waals surface area (Å²) in [4.78, 5) is 14.3. The molecular formula is C15H16N2O2S. The number of rotatable bonds is 4. The average Bonchev–Trinajstić information content (AvgIpc) is 2.97. The summed E-state index contributed by atoms with van der Waals surface area (Å²) in [6.07, 6.45) is 2.04. The third-order valence-corrected chi connectivity index (χ3v) is 4.68. The van der Waals surface area contributed by atoms with Gasteiger partial charge in [0.2, 0.25) is 0 Å². The number of fused-ring (bicyclic) bond motifs is 1. The molecule has 0 aliphatic carbocycles. The molecule has 2 aromatic rings. The van der Waals surface area contributed by atoms with Crippen molar-refractivity contribution in [2.24, 2.45) is 0 Å². The van der Waals surface area contributed by atoms with Crippen LogP contribution in [0.1, 0.15) is 16.0 Å². The normalized spacial score (nSPS) is 15.0. The van der Waals surface area contributed by atoms with Gasteiger partial charge in [0.1, 0.15) is 0 Å². The minimum atomic E-state index is -0.315. The lowest BCUT2D eigenvalue weighted by Gasteiger charge is -2.28. The number of nitro groups is 1. The molecule has 1 aromatic carbocycles. The zero-order chi connectivity index (χ0) is 13.9. The van der Waals surface area contributed by atoms with Gasteiger partial charge in [0.05, 0.1) is 4.92 Å². The molecule has 0 unspecified atom stereocenters. The molecule has 4 nitrogen and oxygen atoms in total. The third kappa shape index (κ3) is 2.89. The first-order valence-electron chi connectivity index (χ1n) is 6.73. The van der Waals surface area contributed by atoms with E-state index in [0.29, 0.717) is 0 Å². The largest absolute Gasteiger partial charge is 0.298 e. The van der Waals surface area contributed by atoms with Gasteiger partial charge in [-0.05, 0) is 35.4 Å². The molecule has 2 heterocycles. The highest BCUT2D eigenvalue weighted by atomic mass is 32.1. The average molecular weight is 288 g/mol. The summed E-state index contributed by atoms with van der Waals surface area (Å²) in [5.74, 6) is 0. The molecule has 0 N–H and O–H groups in total. The second-order valence-electron chi connectivity index (χ2n) is 5.07. The van der Waals surface area contributed by atoms with E-state index in [-0.39, 0.29) is 10.6 Å². The van der Waals surface area contributed by atoms with Crippen molar-refractivity contribution in [3.8, 4) is 0 Å². The Kier molecular flexibility index (Phi) is 3.80. The maximum Gasteiger partial charge on any atom is 0.269 e. The van der Waals surface area contributed by atoms with Crippen LogP contribution in [0.4, 0.5) is 5.69 Å². The Morgan fingerprint density at radius 1 is 1.30 bits per heavy atom. The third-order valence-electron chi connectivity index (χ3n) is 3.75. The number of hydrogen-bond acceptors (Lipinski definition) is 4. The second kappa shape index (κ2) is 5.73. The quantitative estimate of drug-likeness (QED) is 0.641. The Labute approximate surface area is 121 Å². The zero-order valence-corrected chi connectivity index (χ0v) is 11.9. The molecule has 0 saturated carbocycles. The van der Waals surface area contributed by atoms with Crippen molar-refractivity contribution in [2.75, 3.05) is 13.1 Å². The number of hydrogen-bond donors (Lipinski definition) is 0. The van der Waals surface area contributed by atoms with Gasteiger partial charge in [0.15, 0.2) is 0 Å². The van der Waals surface area contributed by atoms with Crippen molar-refractivity contribution < 1.29 is 4.92 Å². The van der Waals surface area contributed by atoms with E-state index in [4.69, 9.17) is 0 Å². The predicted octanol–water partition coefficient (Wildman–Crippen LogP) is 3.26. The van der Waals surface area contributed by atoms with Gasteiger partial charge in [0.25, 0.3) is 5.69 Å². The van der Waals surface area contributed by atoms with Gasteiger partial charge in [0, 0.05) is 36.6 Å². The summed E-state index contributed by atoms with van der Waals surface area (Å²) in [6, 6.07) is 9.49. The van der Waals surface area contributed by atoms with E-state index in [2.05, 4.69) is 22.4 Å². The van der Waals surface area contributed by atoms with E-state index >= 15 is 0 Å². The molecule has 0 fully saturated rings. The number of benzene rings is 1. The Bertz CT molecular complexity index is 610. The van der Waals surface area contributed by atoms with Crippen LogP contribution in [0.2, 0.25) is 0 Å². The summed E-state index contributed by atoms with van der Waals surface area (Å²) in [6.45, 7) is 2.88. The number of nitro benzene ring substituents is 1. The fourth-order valence-electron chi connectivity index (χ4n) is 2.63. The molecule has 20 heavy (non-hydrogen) atoms. The Balaban J connectivity index is 1.67. The van der Waals surface area contributed by atoms with Crippen molar-refractivity contribution in [2.45, 2.75) is 19.4 Å². The zero-order valence-electron chi connectivity index (χ0n) is 11.1. The Hall–Kier alpha value is -1.72. The van der Waals surface area contributed by atoms with Gasteiger partial charge >= 0.3 is 0 Å². The number of non-ortho nitro benzene ring substituents is 1. The van der Waals surface area contributed by atoms with Crippen LogP contribution in [0, 0.1) is 10.1 Å². The first-order valence-corrected chi connectivity index (χ1v) is 7.61. The van der Waals surface area contributed by atoms with Crippen LogP contribution in [0.3, 0.4) is 0 Å². The molecule has 5 heteroatoms. The summed E-state index contributed by atoms with van der Waals surface area (Å²) in [5, 5.41) is 12.9. The van der Waals surface area contributed by atoms with Gasteiger partial charge in [-0.25, -0.2) is 0 Å². The summed E-state index contributed by atoms with van der Waals surface area (Å²) >= 11 is 1.79. The van der Waals surface area contributed by atoms with Gasteiger partial charge in [-0.1, -0.05) is 12.1 Å². The first kappa shape index (κ1) is 13.3. The van der Waals surface area contributed by atoms with E-state index in [1.807, 2.05) is 6.07 Å². The molecule has 1 aliphatic heterocycles. The van der Waals surface area contributed by atoms with Gasteiger partial charge < -0.3 is 0 Å². The molecule has 1 aliphatic rings. The van der Waals surface area contributed by atoms with Gasteiger partial charge in [-0.2, -0.15) is 0 Å². The lowest BCUT2D eigenvalue weighted by atomic mass is 9.99. The van der Waals surface area contributed by atoms with E-state index in [1.165, 1.54) is 10.4 Å². The van der Waals surface area contributed by atoms with Crippen molar-refractivity contribution in [3.05, 3.63) is 61.8 Å². The summed E-state index contributed by atoms with van der Waals surface area (Å²) in [7, 11) is 0. The fourth-order valence-corrected chi connectivity index (χ4v) is 3.33. The predicted molar refractivity (Wildman–Crippen MR) is 80.1 cm³/mol. The maximum absolute atomic E-state index is 10.8. The molecular weight excluding hydrogens is 272 g/mol. The molecule has 104 valence electrons. The summed E-state index contributed by atoms with van der Waals surface area (Å²) < 4.78 is 0. The topological polar surface area (TPSA) is 46.4 Å². The summed E-state index contributed by atoms with van der Waals surface area (Å²) in [5.41, 5.74) is 2.56. The van der Waals surface area contributed by atoms with E-state index < -0.39 is 0 Å². The Morgan fingerprint density at radius 2 is 2.20 bits per heavy atom. The second-order valence-corrected chi connectivity index (χ2v) is 6.10. The molecule has 0 amide bonds. The van der Waals surface area contributed by atoms with Crippen LogP contribution in [0.15, 0.2) is 35.7 Å². The van der Waals surface area contributed by atoms with Crippen molar-refractivity contribution in [1.29, 1.82) is 0 Å². The SMILES string of the molecule is O=[N+]([O-])c1ccc2c(c1)CN(CCc1cccs1)CC2. The van der Waals surface area contributed by atoms with Gasteiger partial charge in [-0.3, -0.25) is 15.0 Å². The molecule has 0 atom stereocenters. The molecule has 0 saturated heterocycles. The van der Waals surface area contributed by atoms with Crippen LogP contribution < -0.4 is 0 Å². The van der Waals surface area contributed by atoms with Crippen molar-refractivity contribution in [3.63, 3.8) is 0 Å². The van der Waals surface area contributed by atoms with Crippen LogP contribution >= 0.6 is 11.3 Å². The molecule has 0 spiro atoms. The van der Waals surface area contributed by atoms with E-state index in [9.17, 15) is 10.1 Å². The molecule has 3 rings (SSSR count). The highest BCUT2D eigenvalue weighted by molar-refractivity contribution is 7.09. The standard InChI is InChI=1S/C15H16N2O2S/c18-17(19)14-4-3-12-5-7-16(11-13(12)10-14)8-6-15-2-1-9-20-15/h1-4,9-10H,5-8,11H2. The monoisotopic (exact) mass is 288 g/mol. The molecule has 0 radical (unpaired) electrons. The van der Waals surface area contributed by atoms with Crippen LogP contribution in [0.25, 0.3) is 0 Å². The van der Waals surface area contributed by atoms with Crippen LogP contribution in [0.5, 0.6) is 0 Å². The minimum Gasteiger partial charge on any atom is -0.298 e. The van der Waals surface area contributed by atoms with Crippen molar-refractivity contribution in [1.82, 2.24) is 4.90 Å².